The van der Waals surface area contributed by atoms with Crippen LogP contribution in [0, 0.1) is 0 Å². The van der Waals surface area contributed by atoms with E-state index < -0.39 is 12.1 Å². The summed E-state index contributed by atoms with van der Waals surface area (Å²) < 4.78 is 10.4. The minimum absolute atomic E-state index is 0.0640. The van der Waals surface area contributed by atoms with Gasteiger partial charge in [0, 0.05) is 18.1 Å². The molecule has 0 spiro atoms. The van der Waals surface area contributed by atoms with Crippen molar-refractivity contribution in [2.45, 2.75) is 18.9 Å². The maximum Gasteiger partial charge on any atom is 0.307 e. The van der Waals surface area contributed by atoms with Gasteiger partial charge in [0.1, 0.15) is 17.6 Å². The molecule has 1 N–H and O–H groups in total. The van der Waals surface area contributed by atoms with Crippen LogP contribution in [0.15, 0.2) is 23.4 Å². The van der Waals surface area contributed by atoms with Crippen molar-refractivity contribution in [3.63, 3.8) is 0 Å². The average Bonchev–Trinajstić information content (AvgIpc) is 2.85. The largest absolute Gasteiger partial charge is 0.497 e. The Morgan fingerprint density at radius 2 is 2.26 bits per heavy atom. The Balaban J connectivity index is 2.17. The van der Waals surface area contributed by atoms with Crippen molar-refractivity contribution in [3.05, 3.63) is 23.8 Å². The normalized spacial score (nSPS) is 17.6. The van der Waals surface area contributed by atoms with Crippen LogP contribution in [0.4, 0.5) is 0 Å². The van der Waals surface area contributed by atoms with Gasteiger partial charge in [-0.1, -0.05) is 5.16 Å². The standard InChI is InChI=1S/C13H15NO5/c1-17-8-3-4-10(12(6-8)18-2)11-5-9(19-14-11)7-13(15)16/h3-4,6,9H,5,7H2,1-2H3,(H,15,16). The zero-order chi connectivity index (χ0) is 13.8. The van der Waals surface area contributed by atoms with E-state index in [2.05, 4.69) is 5.16 Å². The SMILES string of the molecule is COc1ccc(C2=NOC(CC(=O)O)C2)c(OC)c1. The molecule has 1 atom stereocenters. The monoisotopic (exact) mass is 265 g/mol. The highest BCUT2D eigenvalue weighted by Crippen LogP contribution is 2.29. The maximum absolute atomic E-state index is 10.6. The zero-order valence-electron chi connectivity index (χ0n) is 10.8. The second-order valence-corrected chi connectivity index (χ2v) is 4.13. The van der Waals surface area contributed by atoms with Crippen LogP contribution in [0.5, 0.6) is 11.5 Å². The summed E-state index contributed by atoms with van der Waals surface area (Å²) in [5.41, 5.74) is 1.47. The third-order valence-electron chi connectivity index (χ3n) is 2.85. The smallest absolute Gasteiger partial charge is 0.307 e. The van der Waals surface area contributed by atoms with Gasteiger partial charge in [-0.15, -0.1) is 0 Å². The molecule has 1 aromatic rings. The molecule has 0 fully saturated rings. The summed E-state index contributed by atoms with van der Waals surface area (Å²) in [5, 5.41) is 12.7. The predicted molar refractivity (Wildman–Crippen MR) is 67.8 cm³/mol. The van der Waals surface area contributed by atoms with Gasteiger partial charge in [0.2, 0.25) is 0 Å². The van der Waals surface area contributed by atoms with Crippen LogP contribution in [0.2, 0.25) is 0 Å². The molecule has 1 aromatic carbocycles. The molecule has 0 aromatic heterocycles. The van der Waals surface area contributed by atoms with E-state index >= 15 is 0 Å². The van der Waals surface area contributed by atoms with Crippen LogP contribution in [-0.2, 0) is 9.63 Å². The van der Waals surface area contributed by atoms with E-state index in [1.807, 2.05) is 6.07 Å². The van der Waals surface area contributed by atoms with Gasteiger partial charge in [0.25, 0.3) is 0 Å². The molecule has 0 aliphatic carbocycles. The highest BCUT2D eigenvalue weighted by Gasteiger charge is 2.26. The Labute approximate surface area is 110 Å². The first-order valence-corrected chi connectivity index (χ1v) is 5.81. The number of hydrogen-bond acceptors (Lipinski definition) is 5. The quantitative estimate of drug-likeness (QED) is 0.876. The molecule has 0 amide bonds. The average molecular weight is 265 g/mol. The maximum atomic E-state index is 10.6. The van der Waals surface area contributed by atoms with E-state index in [-0.39, 0.29) is 6.42 Å². The van der Waals surface area contributed by atoms with E-state index in [1.165, 1.54) is 0 Å². The lowest BCUT2D eigenvalue weighted by atomic mass is 10.0. The molecule has 6 nitrogen and oxygen atoms in total. The van der Waals surface area contributed by atoms with Gasteiger partial charge in [-0.3, -0.25) is 4.79 Å². The fraction of sp³-hybridized carbons (Fsp3) is 0.385. The fourth-order valence-electron chi connectivity index (χ4n) is 1.93. The van der Waals surface area contributed by atoms with Crippen LogP contribution in [0.1, 0.15) is 18.4 Å². The number of methoxy groups -OCH3 is 2. The van der Waals surface area contributed by atoms with Gasteiger partial charge in [-0.05, 0) is 12.1 Å². The molecule has 1 heterocycles. The Kier molecular flexibility index (Phi) is 3.89. The van der Waals surface area contributed by atoms with Crippen molar-refractivity contribution >= 4 is 11.7 Å². The zero-order valence-corrected chi connectivity index (χ0v) is 10.8. The first-order valence-electron chi connectivity index (χ1n) is 5.81. The number of ether oxygens (including phenoxy) is 2. The second-order valence-electron chi connectivity index (χ2n) is 4.13. The van der Waals surface area contributed by atoms with Gasteiger partial charge in [-0.25, -0.2) is 0 Å². The molecule has 1 unspecified atom stereocenters. The van der Waals surface area contributed by atoms with Crippen LogP contribution in [-0.4, -0.2) is 37.1 Å². The molecule has 0 saturated heterocycles. The lowest BCUT2D eigenvalue weighted by molar-refractivity contribution is -0.139. The number of benzene rings is 1. The Bertz CT molecular complexity index is 512. The van der Waals surface area contributed by atoms with Crippen molar-refractivity contribution in [1.82, 2.24) is 0 Å². The lowest BCUT2D eigenvalue weighted by Crippen LogP contribution is -2.14. The van der Waals surface area contributed by atoms with Crippen molar-refractivity contribution in [1.29, 1.82) is 0 Å². The van der Waals surface area contributed by atoms with Gasteiger partial charge >= 0.3 is 5.97 Å². The van der Waals surface area contributed by atoms with Crippen molar-refractivity contribution in [2.24, 2.45) is 5.16 Å². The Morgan fingerprint density at radius 1 is 1.47 bits per heavy atom. The van der Waals surface area contributed by atoms with Crippen molar-refractivity contribution in [3.8, 4) is 11.5 Å². The summed E-state index contributed by atoms with van der Waals surface area (Å²) in [6.45, 7) is 0. The molecule has 1 aliphatic heterocycles. The van der Waals surface area contributed by atoms with Gasteiger partial charge in [0.15, 0.2) is 0 Å². The summed E-state index contributed by atoms with van der Waals surface area (Å²) in [4.78, 5) is 15.7. The molecule has 102 valence electrons. The highest BCUT2D eigenvalue weighted by molar-refractivity contribution is 6.03. The molecule has 2 rings (SSSR count). The van der Waals surface area contributed by atoms with Crippen molar-refractivity contribution in [2.75, 3.05) is 14.2 Å². The number of nitrogens with zero attached hydrogens (tertiary/aromatic N) is 1. The molecule has 0 saturated carbocycles. The number of carboxylic acids is 1. The lowest BCUT2D eigenvalue weighted by Gasteiger charge is -2.09. The van der Waals surface area contributed by atoms with E-state index in [0.29, 0.717) is 23.6 Å². The molecule has 6 heteroatoms. The number of carbonyl (C=O) groups is 1. The third-order valence-corrected chi connectivity index (χ3v) is 2.85. The van der Waals surface area contributed by atoms with E-state index in [0.717, 1.165) is 5.56 Å². The highest BCUT2D eigenvalue weighted by atomic mass is 16.6. The number of aliphatic carboxylic acids is 1. The van der Waals surface area contributed by atoms with E-state index in [1.54, 1.807) is 26.4 Å². The fourth-order valence-corrected chi connectivity index (χ4v) is 1.93. The number of rotatable bonds is 5. The molecule has 0 radical (unpaired) electrons. The molecule has 1 aliphatic rings. The predicted octanol–water partition coefficient (Wildman–Crippen LogP) is 1.67. The van der Waals surface area contributed by atoms with Crippen LogP contribution >= 0.6 is 0 Å². The minimum atomic E-state index is -0.900. The minimum Gasteiger partial charge on any atom is -0.497 e. The van der Waals surface area contributed by atoms with E-state index in [9.17, 15) is 4.79 Å². The first-order chi connectivity index (χ1) is 9.13. The van der Waals surface area contributed by atoms with E-state index in [4.69, 9.17) is 19.4 Å². The second kappa shape index (κ2) is 5.60. The topological polar surface area (TPSA) is 77.4 Å². The first kappa shape index (κ1) is 13.2. The summed E-state index contributed by atoms with van der Waals surface area (Å²) in [6, 6.07) is 5.37. The number of carboxylic acid groups (broad SMARTS) is 1. The van der Waals surface area contributed by atoms with Gasteiger partial charge in [0.05, 0.1) is 26.4 Å². The van der Waals surface area contributed by atoms with Crippen LogP contribution < -0.4 is 9.47 Å². The molecule has 19 heavy (non-hydrogen) atoms. The third kappa shape index (κ3) is 2.96. The summed E-state index contributed by atoms with van der Waals surface area (Å²) >= 11 is 0. The Morgan fingerprint density at radius 3 is 2.89 bits per heavy atom. The summed E-state index contributed by atoms with van der Waals surface area (Å²) in [6.07, 6.45) is -0.0280. The van der Waals surface area contributed by atoms with Gasteiger partial charge in [-0.2, -0.15) is 0 Å². The van der Waals surface area contributed by atoms with Crippen molar-refractivity contribution < 1.29 is 24.2 Å². The summed E-state index contributed by atoms with van der Waals surface area (Å²) in [5.74, 6) is 0.406. The van der Waals surface area contributed by atoms with Gasteiger partial charge < -0.3 is 19.4 Å². The van der Waals surface area contributed by atoms with Crippen LogP contribution in [0.3, 0.4) is 0 Å². The Hall–Kier alpha value is -2.24. The van der Waals surface area contributed by atoms with Crippen LogP contribution in [0.25, 0.3) is 0 Å². The molecular weight excluding hydrogens is 250 g/mol. The summed E-state index contributed by atoms with van der Waals surface area (Å²) in [7, 11) is 3.14. The number of oxime groups is 1. The molecule has 0 bridgehead atoms. The number of hydrogen-bond donors (Lipinski definition) is 1. The molecular formula is C13H15NO5.